The Kier molecular flexibility index (Phi) is 5.77. The van der Waals surface area contributed by atoms with Gasteiger partial charge in [-0.2, -0.15) is 0 Å². The molecule has 0 aliphatic rings. The van der Waals surface area contributed by atoms with Crippen LogP contribution in [-0.4, -0.2) is 22.8 Å². The smallest absolute Gasteiger partial charge is 0.0961 e. The van der Waals surface area contributed by atoms with Crippen molar-refractivity contribution in [2.45, 2.75) is 38.3 Å². The van der Waals surface area contributed by atoms with E-state index in [2.05, 4.69) is 38.0 Å². The molecule has 17 heavy (non-hydrogen) atoms. The molecular formula is C13H21ClN2S. The Balaban J connectivity index is 2.28. The molecule has 0 bridgehead atoms. The van der Waals surface area contributed by atoms with Crippen LogP contribution in [0, 0.1) is 5.92 Å². The quantitative estimate of drug-likeness (QED) is 0.824. The number of nitrogens with zero attached hydrogens (tertiary/aromatic N) is 1. The van der Waals surface area contributed by atoms with Gasteiger partial charge in [0.1, 0.15) is 0 Å². The van der Waals surface area contributed by atoms with Crippen LogP contribution in [0.3, 0.4) is 0 Å². The molecule has 2 nitrogen and oxygen atoms in total. The molecule has 0 amide bonds. The van der Waals surface area contributed by atoms with Crippen molar-refractivity contribution < 1.29 is 0 Å². The van der Waals surface area contributed by atoms with E-state index < -0.39 is 0 Å². The first-order chi connectivity index (χ1) is 7.87. The normalized spacial score (nSPS) is 13.7. The summed E-state index contributed by atoms with van der Waals surface area (Å²) in [5.74, 6) is 1.69. The Morgan fingerprint density at radius 1 is 1.41 bits per heavy atom. The van der Waals surface area contributed by atoms with E-state index in [-0.39, 0.29) is 5.54 Å². The highest BCUT2D eigenvalue weighted by molar-refractivity contribution is 7.99. The number of hydrogen-bond donors (Lipinski definition) is 1. The van der Waals surface area contributed by atoms with Crippen LogP contribution in [0.25, 0.3) is 0 Å². The van der Waals surface area contributed by atoms with Crippen molar-refractivity contribution in [3.63, 3.8) is 0 Å². The van der Waals surface area contributed by atoms with Crippen molar-refractivity contribution in [3.05, 3.63) is 23.4 Å². The molecule has 4 heteroatoms. The Morgan fingerprint density at radius 2 is 2.12 bits per heavy atom. The van der Waals surface area contributed by atoms with Crippen LogP contribution >= 0.6 is 23.4 Å². The van der Waals surface area contributed by atoms with Gasteiger partial charge in [-0.1, -0.05) is 18.5 Å². The maximum atomic E-state index is 5.79. The lowest BCUT2D eigenvalue weighted by molar-refractivity contribution is 0.395. The predicted molar refractivity (Wildman–Crippen MR) is 76.9 cm³/mol. The summed E-state index contributed by atoms with van der Waals surface area (Å²) in [4.78, 5) is 4.27. The molecule has 0 saturated heterocycles. The second-order valence-corrected chi connectivity index (χ2v) is 6.84. The first-order valence-corrected chi connectivity index (χ1v) is 7.22. The van der Waals surface area contributed by atoms with E-state index in [0.29, 0.717) is 10.9 Å². The van der Waals surface area contributed by atoms with E-state index in [1.165, 1.54) is 0 Å². The Morgan fingerprint density at radius 3 is 2.65 bits per heavy atom. The zero-order valence-corrected chi connectivity index (χ0v) is 12.5. The lowest BCUT2D eigenvalue weighted by atomic mass is 10.1. The maximum absolute atomic E-state index is 5.79. The summed E-state index contributed by atoms with van der Waals surface area (Å²) in [6.45, 7) is 9.85. The highest BCUT2D eigenvalue weighted by Gasteiger charge is 2.11. The summed E-state index contributed by atoms with van der Waals surface area (Å²) in [5, 5.41) is 5.24. The topological polar surface area (TPSA) is 24.9 Å². The zero-order valence-electron chi connectivity index (χ0n) is 11.0. The van der Waals surface area contributed by atoms with Gasteiger partial charge < -0.3 is 5.32 Å². The summed E-state index contributed by atoms with van der Waals surface area (Å²) in [5.41, 5.74) is 0.192. The number of aromatic nitrogens is 1. The molecule has 1 rings (SSSR count). The molecular weight excluding hydrogens is 252 g/mol. The summed E-state index contributed by atoms with van der Waals surface area (Å²) in [6.07, 6.45) is 1.70. The molecule has 1 aromatic heterocycles. The molecule has 1 heterocycles. The molecule has 1 aromatic rings. The fourth-order valence-electron chi connectivity index (χ4n) is 1.21. The van der Waals surface area contributed by atoms with Crippen molar-refractivity contribution >= 4 is 23.4 Å². The summed E-state index contributed by atoms with van der Waals surface area (Å²) < 4.78 is 0. The molecule has 1 unspecified atom stereocenters. The third kappa shape index (κ3) is 6.92. The lowest BCUT2D eigenvalue weighted by Gasteiger charge is -2.23. The summed E-state index contributed by atoms with van der Waals surface area (Å²) in [7, 11) is 0. The fourth-order valence-corrected chi connectivity index (χ4v) is 2.19. The van der Waals surface area contributed by atoms with Crippen LogP contribution < -0.4 is 5.32 Å². The number of nitrogens with one attached hydrogen (secondary N) is 1. The Bertz CT molecular complexity index is 332. The summed E-state index contributed by atoms with van der Waals surface area (Å²) >= 11 is 7.57. The van der Waals surface area contributed by atoms with Gasteiger partial charge in [0.25, 0.3) is 0 Å². The minimum Gasteiger partial charge on any atom is -0.312 e. The molecule has 0 spiro atoms. The van der Waals surface area contributed by atoms with Gasteiger partial charge in [0.15, 0.2) is 0 Å². The molecule has 0 radical (unpaired) electrons. The number of hydrogen-bond acceptors (Lipinski definition) is 3. The minimum atomic E-state index is 0.192. The molecule has 0 aromatic carbocycles. The van der Waals surface area contributed by atoms with E-state index in [4.69, 9.17) is 11.6 Å². The predicted octanol–water partition coefficient (Wildman–Crippen LogP) is 3.85. The first kappa shape index (κ1) is 14.8. The third-order valence-electron chi connectivity index (χ3n) is 2.20. The standard InChI is InChI=1S/C13H21ClN2S/c1-10(7-16-13(2,3)4)9-17-12-6-5-11(14)8-15-12/h5-6,8,10,16H,7,9H2,1-4H3. The van der Waals surface area contributed by atoms with Crippen molar-refractivity contribution in [3.8, 4) is 0 Å². The molecule has 1 N–H and O–H groups in total. The Labute approximate surface area is 114 Å². The van der Waals surface area contributed by atoms with Crippen LogP contribution in [0.4, 0.5) is 0 Å². The van der Waals surface area contributed by atoms with Crippen LogP contribution in [0.1, 0.15) is 27.7 Å². The molecule has 0 aliphatic carbocycles. The first-order valence-electron chi connectivity index (χ1n) is 5.86. The molecule has 0 aliphatic heterocycles. The molecule has 96 valence electrons. The van der Waals surface area contributed by atoms with Crippen LogP contribution in [-0.2, 0) is 0 Å². The van der Waals surface area contributed by atoms with E-state index in [0.717, 1.165) is 17.3 Å². The molecule has 0 saturated carbocycles. The van der Waals surface area contributed by atoms with Gasteiger partial charge >= 0.3 is 0 Å². The van der Waals surface area contributed by atoms with Gasteiger partial charge in [-0.25, -0.2) is 4.98 Å². The van der Waals surface area contributed by atoms with Gasteiger partial charge in [-0.05, 0) is 45.4 Å². The van der Waals surface area contributed by atoms with Gasteiger partial charge in [-0.3, -0.25) is 0 Å². The average molecular weight is 273 g/mol. The maximum Gasteiger partial charge on any atom is 0.0961 e. The Hall–Kier alpha value is -0.250. The number of rotatable bonds is 5. The van der Waals surface area contributed by atoms with E-state index in [1.807, 2.05) is 12.1 Å². The third-order valence-corrected chi connectivity index (χ3v) is 3.69. The van der Waals surface area contributed by atoms with Crippen molar-refractivity contribution in [2.75, 3.05) is 12.3 Å². The van der Waals surface area contributed by atoms with Gasteiger partial charge in [0.05, 0.1) is 10.0 Å². The largest absolute Gasteiger partial charge is 0.312 e. The summed E-state index contributed by atoms with van der Waals surface area (Å²) in [6, 6.07) is 3.85. The van der Waals surface area contributed by atoms with Crippen molar-refractivity contribution in [1.29, 1.82) is 0 Å². The SMILES string of the molecule is CC(CNC(C)(C)C)CSc1ccc(Cl)cn1. The lowest BCUT2D eigenvalue weighted by Crippen LogP contribution is -2.39. The van der Waals surface area contributed by atoms with E-state index >= 15 is 0 Å². The number of thioether (sulfide) groups is 1. The minimum absolute atomic E-state index is 0.192. The van der Waals surface area contributed by atoms with Crippen LogP contribution in [0.15, 0.2) is 23.4 Å². The highest BCUT2D eigenvalue weighted by atomic mass is 35.5. The van der Waals surface area contributed by atoms with Gasteiger partial charge in [0, 0.05) is 17.5 Å². The number of halogens is 1. The van der Waals surface area contributed by atoms with Crippen LogP contribution in [0.2, 0.25) is 5.02 Å². The van der Waals surface area contributed by atoms with Gasteiger partial charge in [0.2, 0.25) is 0 Å². The van der Waals surface area contributed by atoms with E-state index in [9.17, 15) is 0 Å². The van der Waals surface area contributed by atoms with Crippen molar-refractivity contribution in [1.82, 2.24) is 10.3 Å². The molecule has 0 fully saturated rings. The highest BCUT2D eigenvalue weighted by Crippen LogP contribution is 2.19. The van der Waals surface area contributed by atoms with Crippen LogP contribution in [0.5, 0.6) is 0 Å². The second-order valence-electron chi connectivity index (χ2n) is 5.36. The zero-order chi connectivity index (χ0) is 12.9. The van der Waals surface area contributed by atoms with Crippen molar-refractivity contribution in [2.24, 2.45) is 5.92 Å². The van der Waals surface area contributed by atoms with Gasteiger partial charge in [-0.15, -0.1) is 11.8 Å². The monoisotopic (exact) mass is 272 g/mol. The molecule has 1 atom stereocenters. The fraction of sp³-hybridized carbons (Fsp3) is 0.615. The van der Waals surface area contributed by atoms with E-state index in [1.54, 1.807) is 18.0 Å². The number of pyridine rings is 1. The average Bonchev–Trinajstić information content (AvgIpc) is 2.25. The second kappa shape index (κ2) is 6.62.